The van der Waals surface area contributed by atoms with Crippen LogP contribution in [-0.4, -0.2) is 0 Å². The van der Waals surface area contributed by atoms with Crippen molar-refractivity contribution >= 4 is 30.5 Å². The van der Waals surface area contributed by atoms with E-state index in [1.54, 1.807) is 0 Å². The van der Waals surface area contributed by atoms with Crippen molar-refractivity contribution in [2.75, 3.05) is 5.43 Å². The zero-order chi connectivity index (χ0) is 5.82. The van der Waals surface area contributed by atoms with Gasteiger partial charge in [-0.25, -0.2) is 0 Å². The number of hydrogen-bond donors (Lipinski definition) is 2. The zero-order valence-electron chi connectivity index (χ0n) is 5.28. The van der Waals surface area contributed by atoms with Gasteiger partial charge in [-0.1, -0.05) is 18.2 Å². The predicted octanol–water partition coefficient (Wildman–Crippen LogP) is 1.82. The molecule has 4 heteroatoms. The van der Waals surface area contributed by atoms with Crippen LogP contribution >= 0.6 is 24.8 Å². The Morgan fingerprint density at radius 1 is 1.00 bits per heavy atom. The Bertz CT molecular complexity index is 155. The minimum atomic E-state index is 0. The first kappa shape index (κ1) is 12.3. The molecule has 0 heterocycles. The first-order valence-corrected chi connectivity index (χ1v) is 2.45. The highest BCUT2D eigenvalue weighted by Crippen LogP contribution is 2.00. The van der Waals surface area contributed by atoms with E-state index in [1.165, 1.54) is 0 Å². The molecule has 0 aliphatic carbocycles. The fourth-order valence-electron chi connectivity index (χ4n) is 0.534. The van der Waals surface area contributed by atoms with E-state index in [0.29, 0.717) is 0 Å². The van der Waals surface area contributed by atoms with Gasteiger partial charge in [0.15, 0.2) is 0 Å². The summed E-state index contributed by atoms with van der Waals surface area (Å²) in [6.45, 7) is 0. The molecule has 1 rings (SSSR count). The third kappa shape index (κ3) is 3.56. The molecule has 0 unspecified atom stereocenters. The monoisotopic (exact) mass is 180 g/mol. The van der Waals surface area contributed by atoms with Crippen molar-refractivity contribution in [3.8, 4) is 0 Å². The number of hydrogen-bond acceptors (Lipinski definition) is 2. The van der Waals surface area contributed by atoms with Gasteiger partial charge in [-0.05, 0) is 12.1 Å². The van der Waals surface area contributed by atoms with Gasteiger partial charge in [0.25, 0.3) is 0 Å². The minimum Gasteiger partial charge on any atom is -0.324 e. The van der Waals surface area contributed by atoms with Crippen LogP contribution in [0, 0.1) is 0 Å². The van der Waals surface area contributed by atoms with Crippen LogP contribution in [0.4, 0.5) is 5.69 Å². The average molecular weight is 181 g/mol. The molecule has 0 bridgehead atoms. The number of nitrogen functional groups attached to an aromatic ring is 1. The topological polar surface area (TPSA) is 38.0 Å². The van der Waals surface area contributed by atoms with Crippen LogP contribution in [-0.2, 0) is 0 Å². The van der Waals surface area contributed by atoms with E-state index in [1.807, 2.05) is 30.3 Å². The van der Waals surface area contributed by atoms with Crippen LogP contribution in [0.5, 0.6) is 0 Å². The summed E-state index contributed by atoms with van der Waals surface area (Å²) < 4.78 is 0. The number of para-hydroxylation sites is 1. The standard InChI is InChI=1S/C6H8N2.2ClH/c7-8-6-4-2-1-3-5-6;;/h1-5,8H,7H2;2*1H. The molecule has 0 saturated heterocycles. The fraction of sp³-hybridized carbons (Fsp3) is 0. The largest absolute Gasteiger partial charge is 0.324 e. The second-order valence-corrected chi connectivity index (χ2v) is 1.51. The quantitative estimate of drug-likeness (QED) is 0.512. The van der Waals surface area contributed by atoms with Crippen molar-refractivity contribution < 1.29 is 0 Å². The maximum atomic E-state index is 5.10. The van der Waals surface area contributed by atoms with Crippen LogP contribution in [0.3, 0.4) is 0 Å². The Kier molecular flexibility index (Phi) is 8.18. The molecule has 0 amide bonds. The van der Waals surface area contributed by atoms with E-state index in [0.717, 1.165) is 5.69 Å². The van der Waals surface area contributed by atoms with Gasteiger partial charge in [-0.15, -0.1) is 24.8 Å². The SMILES string of the molecule is Cl.Cl.NNc1ccccc1. The lowest BCUT2D eigenvalue weighted by Gasteiger charge is -1.94. The van der Waals surface area contributed by atoms with Crippen molar-refractivity contribution in [3.63, 3.8) is 0 Å². The number of nitrogens with one attached hydrogen (secondary N) is 1. The molecule has 0 spiro atoms. The maximum absolute atomic E-state index is 5.10. The van der Waals surface area contributed by atoms with Gasteiger partial charge in [0.2, 0.25) is 0 Å². The zero-order valence-corrected chi connectivity index (χ0v) is 6.91. The highest BCUT2D eigenvalue weighted by Gasteiger charge is 1.78. The molecule has 1 aromatic rings. The van der Waals surface area contributed by atoms with E-state index in [-0.39, 0.29) is 24.8 Å². The molecule has 0 aromatic heterocycles. The van der Waals surface area contributed by atoms with Crippen molar-refractivity contribution in [1.82, 2.24) is 0 Å². The van der Waals surface area contributed by atoms with E-state index < -0.39 is 0 Å². The molecule has 1 aromatic carbocycles. The lowest BCUT2D eigenvalue weighted by molar-refractivity contribution is 1.35. The van der Waals surface area contributed by atoms with Crippen LogP contribution < -0.4 is 11.3 Å². The van der Waals surface area contributed by atoms with Crippen LogP contribution in [0.1, 0.15) is 0 Å². The van der Waals surface area contributed by atoms with Crippen LogP contribution in [0.25, 0.3) is 0 Å². The molecular formula is C6H10Cl2N2. The van der Waals surface area contributed by atoms with Gasteiger partial charge in [0, 0.05) is 5.69 Å². The molecular weight excluding hydrogens is 171 g/mol. The smallest absolute Gasteiger partial charge is 0.0485 e. The normalized spacial score (nSPS) is 6.90. The summed E-state index contributed by atoms with van der Waals surface area (Å²) in [4.78, 5) is 0. The molecule has 0 fully saturated rings. The van der Waals surface area contributed by atoms with E-state index >= 15 is 0 Å². The molecule has 2 nitrogen and oxygen atoms in total. The predicted molar refractivity (Wildman–Crippen MR) is 48.7 cm³/mol. The molecule has 0 radical (unpaired) electrons. The van der Waals surface area contributed by atoms with Crippen molar-refractivity contribution in [3.05, 3.63) is 30.3 Å². The lowest BCUT2D eigenvalue weighted by Crippen LogP contribution is -2.05. The molecule has 0 aliphatic heterocycles. The van der Waals surface area contributed by atoms with Crippen LogP contribution in [0.15, 0.2) is 30.3 Å². The summed E-state index contributed by atoms with van der Waals surface area (Å²) in [5.74, 6) is 5.10. The number of halogens is 2. The van der Waals surface area contributed by atoms with Crippen molar-refractivity contribution in [2.24, 2.45) is 5.84 Å². The number of benzene rings is 1. The van der Waals surface area contributed by atoms with E-state index in [2.05, 4.69) is 5.43 Å². The lowest BCUT2D eigenvalue weighted by atomic mass is 10.3. The third-order valence-electron chi connectivity index (χ3n) is 0.940. The second kappa shape index (κ2) is 6.68. The number of hydrazine groups is 1. The Labute approximate surface area is 72.6 Å². The summed E-state index contributed by atoms with van der Waals surface area (Å²) in [6.07, 6.45) is 0. The third-order valence-corrected chi connectivity index (χ3v) is 0.940. The van der Waals surface area contributed by atoms with Gasteiger partial charge in [0.05, 0.1) is 0 Å². The molecule has 3 N–H and O–H groups in total. The number of rotatable bonds is 1. The average Bonchev–Trinajstić information content (AvgIpc) is 1.90. The summed E-state index contributed by atoms with van der Waals surface area (Å²) in [5.41, 5.74) is 3.46. The molecule has 0 atom stereocenters. The van der Waals surface area contributed by atoms with Crippen molar-refractivity contribution in [1.29, 1.82) is 0 Å². The Hall–Kier alpha value is -0.440. The second-order valence-electron chi connectivity index (χ2n) is 1.51. The number of nitrogens with two attached hydrogens (primary N) is 1. The molecule has 0 saturated carbocycles. The summed E-state index contributed by atoms with van der Waals surface area (Å²) in [7, 11) is 0. The molecule has 58 valence electrons. The Balaban J connectivity index is 0. The number of anilines is 1. The van der Waals surface area contributed by atoms with Crippen LogP contribution in [0.2, 0.25) is 0 Å². The minimum absolute atomic E-state index is 0. The molecule has 0 aliphatic rings. The summed E-state index contributed by atoms with van der Waals surface area (Å²) in [6, 6.07) is 9.60. The Morgan fingerprint density at radius 3 is 1.80 bits per heavy atom. The highest BCUT2D eigenvalue weighted by atomic mass is 35.5. The van der Waals surface area contributed by atoms with Gasteiger partial charge >= 0.3 is 0 Å². The van der Waals surface area contributed by atoms with Crippen molar-refractivity contribution in [2.45, 2.75) is 0 Å². The first-order valence-electron chi connectivity index (χ1n) is 2.45. The van der Waals surface area contributed by atoms with Gasteiger partial charge < -0.3 is 5.43 Å². The first-order chi connectivity index (χ1) is 3.93. The Morgan fingerprint density at radius 2 is 1.50 bits per heavy atom. The maximum Gasteiger partial charge on any atom is 0.0485 e. The van der Waals surface area contributed by atoms with Gasteiger partial charge in [-0.2, -0.15) is 0 Å². The van der Waals surface area contributed by atoms with Gasteiger partial charge in [0.1, 0.15) is 0 Å². The fourth-order valence-corrected chi connectivity index (χ4v) is 0.534. The summed E-state index contributed by atoms with van der Waals surface area (Å²) in [5, 5.41) is 0. The van der Waals surface area contributed by atoms with E-state index in [9.17, 15) is 0 Å². The van der Waals surface area contributed by atoms with Gasteiger partial charge in [-0.3, -0.25) is 5.84 Å². The summed E-state index contributed by atoms with van der Waals surface area (Å²) >= 11 is 0. The molecule has 10 heavy (non-hydrogen) atoms. The van der Waals surface area contributed by atoms with E-state index in [4.69, 9.17) is 5.84 Å². The highest BCUT2D eigenvalue weighted by molar-refractivity contribution is 5.85.